The average Bonchev–Trinajstić information content (AvgIpc) is 3.23. The summed E-state index contributed by atoms with van der Waals surface area (Å²) in [5.41, 5.74) is 0.493. The highest BCUT2D eigenvalue weighted by Gasteiger charge is 2.18. The maximum atomic E-state index is 12.4. The molecule has 0 spiro atoms. The van der Waals surface area contributed by atoms with Crippen LogP contribution in [0, 0.1) is 0 Å². The maximum absolute atomic E-state index is 12.4. The number of carbonyl (C=O) groups is 1. The highest BCUT2D eigenvalue weighted by molar-refractivity contribution is 7.15. The first-order valence-electron chi connectivity index (χ1n) is 6.52. The molecule has 0 atom stereocenters. The van der Waals surface area contributed by atoms with Gasteiger partial charge in [0.1, 0.15) is 16.5 Å². The smallest absolute Gasteiger partial charge is 0.412 e. The molecule has 0 saturated heterocycles. The van der Waals surface area contributed by atoms with Crippen molar-refractivity contribution in [3.05, 3.63) is 41.6 Å². The van der Waals surface area contributed by atoms with Crippen LogP contribution in [0.3, 0.4) is 0 Å². The van der Waals surface area contributed by atoms with Gasteiger partial charge < -0.3 is 9.15 Å². The Bertz CT molecular complexity index is 824. The van der Waals surface area contributed by atoms with E-state index in [4.69, 9.17) is 9.15 Å². The molecule has 0 fully saturated rings. The largest absolute Gasteiger partial charge is 0.442 e. The molecule has 0 aliphatic carbocycles. The number of rotatable bonds is 5. The summed E-state index contributed by atoms with van der Waals surface area (Å²) in [6.07, 6.45) is 0.921. The second-order valence-electron chi connectivity index (χ2n) is 4.31. The van der Waals surface area contributed by atoms with Gasteiger partial charge in [0.2, 0.25) is 0 Å². The summed E-state index contributed by atoms with van der Waals surface area (Å²) in [6.45, 7) is -0.0907. The monoisotopic (exact) mass is 353 g/mol. The second-order valence-corrected chi connectivity index (χ2v) is 5.42. The van der Waals surface area contributed by atoms with Crippen LogP contribution in [0.25, 0.3) is 10.8 Å². The average molecular weight is 353 g/mol. The fraction of sp³-hybridized carbons (Fsp3) is 0.154. The van der Waals surface area contributed by atoms with E-state index < -0.39 is 18.4 Å². The van der Waals surface area contributed by atoms with E-state index in [1.165, 1.54) is 12.4 Å². The van der Waals surface area contributed by atoms with Crippen molar-refractivity contribution in [2.75, 3.05) is 5.32 Å². The molecule has 1 amide bonds. The minimum atomic E-state index is -2.84. The van der Waals surface area contributed by atoms with Gasteiger partial charge in [-0.2, -0.15) is 8.78 Å². The van der Waals surface area contributed by atoms with Crippen LogP contribution in [0.2, 0.25) is 0 Å². The SMILES string of the molecule is O=C(Nc1cccnc1)OCc1ncc(-c2nnc(C(F)F)o2)s1. The summed E-state index contributed by atoms with van der Waals surface area (Å²) >= 11 is 1.09. The molecule has 124 valence electrons. The predicted octanol–water partition coefficient (Wildman–Crippen LogP) is 3.27. The van der Waals surface area contributed by atoms with Crippen LogP contribution in [0.1, 0.15) is 17.3 Å². The van der Waals surface area contributed by atoms with Crippen molar-refractivity contribution < 1.29 is 22.7 Å². The van der Waals surface area contributed by atoms with Crippen molar-refractivity contribution in [3.8, 4) is 10.8 Å². The van der Waals surface area contributed by atoms with Gasteiger partial charge in [-0.05, 0) is 12.1 Å². The van der Waals surface area contributed by atoms with Crippen molar-refractivity contribution >= 4 is 23.1 Å². The number of hydrogen-bond acceptors (Lipinski definition) is 8. The number of nitrogens with one attached hydrogen (secondary N) is 1. The topological polar surface area (TPSA) is 103 Å². The van der Waals surface area contributed by atoms with E-state index in [1.54, 1.807) is 18.3 Å². The van der Waals surface area contributed by atoms with Crippen LogP contribution in [0.5, 0.6) is 0 Å². The molecule has 0 aromatic carbocycles. The van der Waals surface area contributed by atoms with E-state index >= 15 is 0 Å². The molecule has 0 aliphatic heterocycles. The van der Waals surface area contributed by atoms with Gasteiger partial charge in [-0.1, -0.05) is 0 Å². The zero-order valence-corrected chi connectivity index (χ0v) is 12.7. The molecule has 1 N–H and O–H groups in total. The lowest BCUT2D eigenvalue weighted by Gasteiger charge is -2.04. The van der Waals surface area contributed by atoms with Gasteiger partial charge >= 0.3 is 12.5 Å². The third-order valence-corrected chi connectivity index (χ3v) is 3.59. The highest BCUT2D eigenvalue weighted by Crippen LogP contribution is 2.27. The summed E-state index contributed by atoms with van der Waals surface area (Å²) in [5.74, 6) is -0.819. The van der Waals surface area contributed by atoms with Gasteiger partial charge in [-0.3, -0.25) is 10.3 Å². The van der Waals surface area contributed by atoms with Crippen molar-refractivity contribution in [2.45, 2.75) is 13.0 Å². The molecule has 11 heteroatoms. The quantitative estimate of drug-likeness (QED) is 0.751. The van der Waals surface area contributed by atoms with E-state index in [0.29, 0.717) is 15.6 Å². The molecule has 0 bridgehead atoms. The molecule has 0 unspecified atom stereocenters. The Balaban J connectivity index is 1.57. The van der Waals surface area contributed by atoms with Crippen LogP contribution in [-0.4, -0.2) is 26.3 Å². The lowest BCUT2D eigenvalue weighted by atomic mass is 10.4. The number of hydrogen-bond donors (Lipinski definition) is 1. The van der Waals surface area contributed by atoms with Crippen molar-refractivity contribution in [3.63, 3.8) is 0 Å². The third kappa shape index (κ3) is 3.87. The molecule has 0 saturated carbocycles. The Morgan fingerprint density at radius 2 is 2.25 bits per heavy atom. The lowest BCUT2D eigenvalue weighted by molar-refractivity contribution is 0.116. The highest BCUT2D eigenvalue weighted by atomic mass is 32.1. The molecule has 3 rings (SSSR count). The fourth-order valence-corrected chi connectivity index (χ4v) is 2.37. The zero-order chi connectivity index (χ0) is 16.9. The first-order chi connectivity index (χ1) is 11.6. The van der Waals surface area contributed by atoms with Crippen molar-refractivity contribution in [1.29, 1.82) is 0 Å². The number of amides is 1. The first kappa shape index (κ1) is 15.9. The van der Waals surface area contributed by atoms with Crippen LogP contribution < -0.4 is 5.32 Å². The first-order valence-corrected chi connectivity index (χ1v) is 7.34. The van der Waals surface area contributed by atoms with E-state index in [2.05, 4.69) is 25.5 Å². The predicted molar refractivity (Wildman–Crippen MR) is 78.4 cm³/mol. The maximum Gasteiger partial charge on any atom is 0.412 e. The Hall–Kier alpha value is -2.95. The molecule has 8 nitrogen and oxygen atoms in total. The molecule has 0 aliphatic rings. The summed E-state index contributed by atoms with van der Waals surface area (Å²) in [7, 11) is 0. The van der Waals surface area contributed by atoms with Gasteiger partial charge in [0.05, 0.1) is 18.1 Å². The van der Waals surface area contributed by atoms with Crippen LogP contribution in [-0.2, 0) is 11.3 Å². The minimum absolute atomic E-state index is 0.0612. The molecular weight excluding hydrogens is 344 g/mol. The van der Waals surface area contributed by atoms with Crippen LogP contribution in [0.15, 0.2) is 35.1 Å². The van der Waals surface area contributed by atoms with Crippen molar-refractivity contribution in [1.82, 2.24) is 20.2 Å². The standard InChI is InChI=1S/C13H9F2N5O3S/c14-10(15)12-20-19-11(23-12)8-5-17-9(24-8)6-22-13(21)18-7-2-1-3-16-4-7/h1-5,10H,6H2,(H,18,21). The molecule has 3 aromatic rings. The Morgan fingerprint density at radius 3 is 2.96 bits per heavy atom. The number of aromatic nitrogens is 4. The minimum Gasteiger partial charge on any atom is -0.442 e. The number of nitrogens with zero attached hydrogens (tertiary/aromatic N) is 4. The second kappa shape index (κ2) is 7.08. The Labute approximate surface area is 137 Å². The number of anilines is 1. The normalized spacial score (nSPS) is 10.8. The molecule has 0 radical (unpaired) electrons. The van der Waals surface area contributed by atoms with Crippen LogP contribution >= 0.6 is 11.3 Å². The third-order valence-electron chi connectivity index (χ3n) is 2.63. The van der Waals surface area contributed by atoms with Gasteiger partial charge in [0.25, 0.3) is 11.8 Å². The number of thiazole rings is 1. The lowest BCUT2D eigenvalue weighted by Crippen LogP contribution is -2.13. The number of carbonyl (C=O) groups excluding carboxylic acids is 1. The summed E-state index contributed by atoms with van der Waals surface area (Å²) in [5, 5.41) is 9.69. The molecule has 24 heavy (non-hydrogen) atoms. The van der Waals surface area contributed by atoms with E-state index in [1.807, 2.05) is 0 Å². The molecular formula is C13H9F2N5O3S. The summed E-state index contributed by atoms with van der Waals surface area (Å²) in [4.78, 5) is 19.9. The van der Waals surface area contributed by atoms with E-state index in [0.717, 1.165) is 11.3 Å². The number of halogens is 2. The molecule has 3 heterocycles. The number of alkyl halides is 2. The number of pyridine rings is 1. The summed E-state index contributed by atoms with van der Waals surface area (Å²) in [6, 6.07) is 3.33. The Morgan fingerprint density at radius 1 is 1.38 bits per heavy atom. The van der Waals surface area contributed by atoms with Gasteiger partial charge in [0.15, 0.2) is 0 Å². The van der Waals surface area contributed by atoms with Crippen molar-refractivity contribution in [2.24, 2.45) is 0 Å². The fourth-order valence-electron chi connectivity index (χ4n) is 1.62. The summed E-state index contributed by atoms with van der Waals surface area (Å²) < 4.78 is 34.7. The number of ether oxygens (including phenoxy) is 1. The Kier molecular flexibility index (Phi) is 4.70. The van der Waals surface area contributed by atoms with Gasteiger partial charge in [-0.15, -0.1) is 21.5 Å². The van der Waals surface area contributed by atoms with Gasteiger partial charge in [-0.25, -0.2) is 9.78 Å². The van der Waals surface area contributed by atoms with Crippen LogP contribution in [0.4, 0.5) is 19.3 Å². The van der Waals surface area contributed by atoms with E-state index in [9.17, 15) is 13.6 Å². The van der Waals surface area contributed by atoms with E-state index in [-0.39, 0.29) is 12.5 Å². The zero-order valence-electron chi connectivity index (χ0n) is 11.8. The van der Waals surface area contributed by atoms with Gasteiger partial charge in [0, 0.05) is 6.20 Å². The molecule has 3 aromatic heterocycles.